The molecule has 0 fully saturated rings. The number of rotatable bonds is 1. The second-order valence-corrected chi connectivity index (χ2v) is 3.46. The molecule has 68 valence electrons. The molecule has 13 heavy (non-hydrogen) atoms. The van der Waals surface area contributed by atoms with E-state index >= 15 is 0 Å². The number of nitrogen functional groups attached to an aromatic ring is 1. The van der Waals surface area contributed by atoms with Gasteiger partial charge >= 0.3 is 0 Å². The van der Waals surface area contributed by atoms with Crippen LogP contribution < -0.4 is 5.73 Å². The molecule has 0 saturated carbocycles. The summed E-state index contributed by atoms with van der Waals surface area (Å²) < 4.78 is 0. The fourth-order valence-corrected chi connectivity index (χ4v) is 1.35. The lowest BCUT2D eigenvalue weighted by Crippen LogP contribution is -1.98. The molecule has 1 heteroatoms. The third-order valence-corrected chi connectivity index (χ3v) is 2.37. The fourth-order valence-electron chi connectivity index (χ4n) is 1.35. The molecule has 0 radical (unpaired) electrons. The minimum atomic E-state index is 0.165. The van der Waals surface area contributed by atoms with E-state index in [-0.39, 0.29) is 5.92 Å². The van der Waals surface area contributed by atoms with Crippen molar-refractivity contribution < 1.29 is 0 Å². The van der Waals surface area contributed by atoms with E-state index in [0.717, 1.165) is 16.8 Å². The van der Waals surface area contributed by atoms with Crippen molar-refractivity contribution in [2.75, 3.05) is 5.73 Å². The highest BCUT2D eigenvalue weighted by Crippen LogP contribution is 2.23. The molecule has 1 nitrogen and oxygen atoms in total. The first-order chi connectivity index (χ1) is 6.06. The van der Waals surface area contributed by atoms with Gasteiger partial charge in [-0.25, -0.2) is 0 Å². The summed E-state index contributed by atoms with van der Waals surface area (Å²) in [6, 6.07) is 4.12. The third kappa shape index (κ3) is 1.84. The summed E-state index contributed by atoms with van der Waals surface area (Å²) in [6.07, 6.45) is 5.36. The molecule has 0 amide bonds. The molecule has 0 bridgehead atoms. The molecule has 0 spiro atoms. The summed E-state index contributed by atoms with van der Waals surface area (Å²) in [6.45, 7) is 6.04. The predicted octanol–water partition coefficient (Wildman–Crippen LogP) is 2.62. The number of hydrogen-bond donors (Lipinski definition) is 1. The molecule has 1 unspecified atom stereocenters. The maximum atomic E-state index is 5.84. The molecule has 0 aliphatic rings. The maximum absolute atomic E-state index is 5.84. The van der Waals surface area contributed by atoms with Crippen LogP contribution >= 0.6 is 0 Å². The van der Waals surface area contributed by atoms with Gasteiger partial charge < -0.3 is 5.73 Å². The Hall–Kier alpha value is -1.42. The lowest BCUT2D eigenvalue weighted by Gasteiger charge is -2.10. The van der Waals surface area contributed by atoms with E-state index in [2.05, 4.69) is 18.1 Å². The zero-order valence-corrected chi connectivity index (χ0v) is 8.39. The average molecular weight is 173 g/mol. The monoisotopic (exact) mass is 173 g/mol. The standard InChI is InChI=1S/C12H15N/c1-5-8(2)11-6-9(3)12(13)10(4)7-11/h1,6-8H,13H2,2-4H3. The van der Waals surface area contributed by atoms with Crippen LogP contribution in [0.5, 0.6) is 0 Å². The average Bonchev–Trinajstić information content (AvgIpc) is 2.12. The van der Waals surface area contributed by atoms with Crippen molar-refractivity contribution in [1.82, 2.24) is 0 Å². The molecule has 2 N–H and O–H groups in total. The van der Waals surface area contributed by atoms with Crippen LogP contribution in [0, 0.1) is 26.2 Å². The first-order valence-electron chi connectivity index (χ1n) is 4.39. The van der Waals surface area contributed by atoms with E-state index in [1.54, 1.807) is 0 Å². The Morgan fingerprint density at radius 3 is 2.15 bits per heavy atom. The van der Waals surface area contributed by atoms with Crippen LogP contribution in [0.1, 0.15) is 29.5 Å². The molecular weight excluding hydrogens is 158 g/mol. The van der Waals surface area contributed by atoms with E-state index in [4.69, 9.17) is 12.2 Å². The van der Waals surface area contributed by atoms with Crippen LogP contribution in [0.25, 0.3) is 0 Å². The summed E-state index contributed by atoms with van der Waals surface area (Å²) in [5.41, 5.74) is 10.1. The van der Waals surface area contributed by atoms with E-state index in [9.17, 15) is 0 Å². The Bertz CT molecular complexity index is 335. The van der Waals surface area contributed by atoms with Gasteiger partial charge in [0.1, 0.15) is 0 Å². The highest BCUT2D eigenvalue weighted by molar-refractivity contribution is 5.55. The molecule has 0 aromatic heterocycles. The Balaban J connectivity index is 3.22. The number of hydrogen-bond acceptors (Lipinski definition) is 1. The van der Waals surface area contributed by atoms with Crippen LogP contribution in [0.3, 0.4) is 0 Å². The van der Waals surface area contributed by atoms with Gasteiger partial charge in [-0.05, 0) is 37.5 Å². The minimum absolute atomic E-state index is 0.165. The third-order valence-electron chi connectivity index (χ3n) is 2.37. The predicted molar refractivity (Wildman–Crippen MR) is 57.6 cm³/mol. The first kappa shape index (κ1) is 9.67. The number of benzene rings is 1. The molecule has 0 aliphatic heterocycles. The van der Waals surface area contributed by atoms with E-state index in [0.29, 0.717) is 0 Å². The van der Waals surface area contributed by atoms with Gasteiger partial charge in [-0.1, -0.05) is 18.1 Å². The second-order valence-electron chi connectivity index (χ2n) is 3.46. The van der Waals surface area contributed by atoms with Crippen LogP contribution in [0.4, 0.5) is 5.69 Å². The van der Waals surface area contributed by atoms with Gasteiger partial charge in [-0.15, -0.1) is 6.42 Å². The van der Waals surface area contributed by atoms with Crippen molar-refractivity contribution in [2.45, 2.75) is 26.7 Å². The van der Waals surface area contributed by atoms with Gasteiger partial charge in [0.15, 0.2) is 0 Å². The molecule has 0 saturated heterocycles. The zero-order chi connectivity index (χ0) is 10.0. The summed E-state index contributed by atoms with van der Waals surface area (Å²) in [5, 5.41) is 0. The highest BCUT2D eigenvalue weighted by atomic mass is 14.6. The summed E-state index contributed by atoms with van der Waals surface area (Å²) in [4.78, 5) is 0. The van der Waals surface area contributed by atoms with E-state index in [1.807, 2.05) is 20.8 Å². The van der Waals surface area contributed by atoms with Crippen LogP contribution in [0.2, 0.25) is 0 Å². The Morgan fingerprint density at radius 1 is 1.31 bits per heavy atom. The van der Waals surface area contributed by atoms with Crippen LogP contribution in [-0.4, -0.2) is 0 Å². The molecule has 1 rings (SSSR count). The van der Waals surface area contributed by atoms with Gasteiger partial charge in [0.2, 0.25) is 0 Å². The fraction of sp³-hybridized carbons (Fsp3) is 0.333. The zero-order valence-electron chi connectivity index (χ0n) is 8.39. The van der Waals surface area contributed by atoms with Gasteiger partial charge in [0.05, 0.1) is 0 Å². The molecular formula is C12H15N. The van der Waals surface area contributed by atoms with E-state index in [1.165, 1.54) is 5.56 Å². The quantitative estimate of drug-likeness (QED) is 0.512. The van der Waals surface area contributed by atoms with Crippen molar-refractivity contribution in [3.63, 3.8) is 0 Å². The number of aryl methyl sites for hydroxylation is 2. The first-order valence-corrected chi connectivity index (χ1v) is 4.39. The Morgan fingerprint density at radius 2 is 1.77 bits per heavy atom. The largest absolute Gasteiger partial charge is 0.398 e. The topological polar surface area (TPSA) is 26.0 Å². The van der Waals surface area contributed by atoms with Crippen molar-refractivity contribution in [3.8, 4) is 12.3 Å². The van der Waals surface area contributed by atoms with Crippen LogP contribution in [-0.2, 0) is 0 Å². The van der Waals surface area contributed by atoms with Crippen molar-refractivity contribution in [3.05, 3.63) is 28.8 Å². The van der Waals surface area contributed by atoms with Gasteiger partial charge in [-0.3, -0.25) is 0 Å². The van der Waals surface area contributed by atoms with Crippen molar-refractivity contribution in [2.24, 2.45) is 0 Å². The smallest absolute Gasteiger partial charge is 0.0421 e. The van der Waals surface area contributed by atoms with E-state index < -0.39 is 0 Å². The number of nitrogens with two attached hydrogens (primary N) is 1. The molecule has 1 aromatic rings. The highest BCUT2D eigenvalue weighted by Gasteiger charge is 2.05. The normalized spacial score (nSPS) is 12.2. The summed E-state index contributed by atoms with van der Waals surface area (Å²) >= 11 is 0. The summed E-state index contributed by atoms with van der Waals surface area (Å²) in [5.74, 6) is 2.88. The lowest BCUT2D eigenvalue weighted by molar-refractivity contribution is 0.999. The van der Waals surface area contributed by atoms with Crippen molar-refractivity contribution >= 4 is 5.69 Å². The number of anilines is 1. The summed E-state index contributed by atoms with van der Waals surface area (Å²) in [7, 11) is 0. The molecule has 0 aliphatic carbocycles. The van der Waals surface area contributed by atoms with Gasteiger partial charge in [-0.2, -0.15) is 0 Å². The minimum Gasteiger partial charge on any atom is -0.398 e. The van der Waals surface area contributed by atoms with Crippen LogP contribution in [0.15, 0.2) is 12.1 Å². The Kier molecular flexibility index (Phi) is 2.63. The molecule has 1 aromatic carbocycles. The molecule has 0 heterocycles. The lowest BCUT2D eigenvalue weighted by atomic mass is 9.96. The SMILES string of the molecule is C#CC(C)c1cc(C)c(N)c(C)c1. The second kappa shape index (κ2) is 3.53. The molecule has 1 atom stereocenters. The maximum Gasteiger partial charge on any atom is 0.0421 e. The van der Waals surface area contributed by atoms with Gasteiger partial charge in [0.25, 0.3) is 0 Å². The van der Waals surface area contributed by atoms with Gasteiger partial charge in [0, 0.05) is 11.6 Å². The Labute approximate surface area is 80.0 Å². The number of terminal acetylenes is 1. The van der Waals surface area contributed by atoms with Crippen molar-refractivity contribution in [1.29, 1.82) is 0 Å².